The van der Waals surface area contributed by atoms with Crippen molar-refractivity contribution in [1.82, 2.24) is 9.97 Å². The molecular weight excluding hydrogens is 273 g/mol. The number of hydrogen-bond donors (Lipinski definition) is 1. The summed E-state index contributed by atoms with van der Waals surface area (Å²) >= 11 is 11.7. The molecule has 0 radical (unpaired) electrons. The highest BCUT2D eigenvalue weighted by atomic mass is 35.5. The van der Waals surface area contributed by atoms with Crippen LogP contribution in [0.2, 0.25) is 10.2 Å². The van der Waals surface area contributed by atoms with E-state index in [4.69, 9.17) is 23.2 Å². The quantitative estimate of drug-likeness (QED) is 0.844. The van der Waals surface area contributed by atoms with Crippen molar-refractivity contribution in [2.75, 3.05) is 5.32 Å². The van der Waals surface area contributed by atoms with Crippen LogP contribution in [0.5, 0.6) is 0 Å². The van der Waals surface area contributed by atoms with Crippen LogP contribution < -0.4 is 5.32 Å². The number of rotatable bonds is 2. The molecule has 0 unspecified atom stereocenters. The lowest BCUT2D eigenvalue weighted by molar-refractivity contribution is -0.126. The third-order valence-corrected chi connectivity index (χ3v) is 4.23. The van der Waals surface area contributed by atoms with Crippen molar-refractivity contribution >= 4 is 34.9 Å². The third-order valence-electron chi connectivity index (χ3n) is 3.48. The Kier molecular flexibility index (Phi) is 4.07. The number of halogens is 2. The van der Waals surface area contributed by atoms with E-state index in [0.717, 1.165) is 25.7 Å². The Bertz CT molecular complexity index is 459. The number of carbonyl (C=O) groups is 1. The smallest absolute Gasteiger partial charge is 0.231 e. The maximum absolute atomic E-state index is 12.3. The van der Waals surface area contributed by atoms with Crippen LogP contribution >= 0.6 is 23.2 Å². The highest BCUT2D eigenvalue weighted by Crippen LogP contribution is 2.37. The Hall–Kier alpha value is -0.870. The summed E-state index contributed by atoms with van der Waals surface area (Å²) in [6.07, 6.45) is 6.45. The molecule has 1 aliphatic carbocycles. The van der Waals surface area contributed by atoms with Gasteiger partial charge in [0.25, 0.3) is 0 Å². The molecule has 1 saturated carbocycles. The van der Waals surface area contributed by atoms with Crippen molar-refractivity contribution in [2.45, 2.75) is 39.0 Å². The average molecular weight is 288 g/mol. The lowest BCUT2D eigenvalue weighted by Gasteiger charge is -2.31. The number of hydrogen-bond acceptors (Lipinski definition) is 3. The predicted molar refractivity (Wildman–Crippen MR) is 71.9 cm³/mol. The Morgan fingerprint density at radius 1 is 1.28 bits per heavy atom. The summed E-state index contributed by atoms with van der Waals surface area (Å²) in [4.78, 5) is 20.0. The highest BCUT2D eigenvalue weighted by molar-refractivity contribution is 6.42. The van der Waals surface area contributed by atoms with Gasteiger partial charge in [0.15, 0.2) is 11.0 Å². The molecule has 1 amide bonds. The summed E-state index contributed by atoms with van der Waals surface area (Å²) in [7, 11) is 0. The summed E-state index contributed by atoms with van der Waals surface area (Å²) in [6.45, 7) is 1.98. The fourth-order valence-electron chi connectivity index (χ4n) is 2.25. The summed E-state index contributed by atoms with van der Waals surface area (Å²) in [5.41, 5.74) is -0.334. The zero-order valence-corrected chi connectivity index (χ0v) is 11.7. The van der Waals surface area contributed by atoms with Gasteiger partial charge in [-0.05, 0) is 12.8 Å². The van der Waals surface area contributed by atoms with E-state index in [1.54, 1.807) is 0 Å². The van der Waals surface area contributed by atoms with E-state index in [1.807, 2.05) is 6.92 Å². The number of anilines is 1. The van der Waals surface area contributed by atoms with Gasteiger partial charge >= 0.3 is 0 Å². The van der Waals surface area contributed by atoms with E-state index >= 15 is 0 Å². The minimum absolute atomic E-state index is 0.0427. The molecule has 1 aliphatic rings. The normalized spacial score (nSPS) is 18.4. The SMILES string of the molecule is CC1(C(=O)Nc2ncnc(Cl)c2Cl)CCCCC1. The van der Waals surface area contributed by atoms with Gasteiger partial charge in [-0.15, -0.1) is 0 Å². The van der Waals surface area contributed by atoms with Crippen LogP contribution in [0.25, 0.3) is 0 Å². The van der Waals surface area contributed by atoms with Gasteiger partial charge in [0, 0.05) is 5.41 Å². The van der Waals surface area contributed by atoms with Crippen molar-refractivity contribution in [2.24, 2.45) is 5.41 Å². The van der Waals surface area contributed by atoms with Crippen molar-refractivity contribution < 1.29 is 4.79 Å². The van der Waals surface area contributed by atoms with Gasteiger partial charge in [0.2, 0.25) is 5.91 Å². The van der Waals surface area contributed by atoms with Crippen LogP contribution in [0.15, 0.2) is 6.33 Å². The largest absolute Gasteiger partial charge is 0.309 e. The number of nitrogens with zero attached hydrogens (tertiary/aromatic N) is 2. The van der Waals surface area contributed by atoms with E-state index < -0.39 is 0 Å². The standard InChI is InChI=1S/C12H15Cl2N3O/c1-12(5-3-2-4-6-12)11(18)17-10-8(13)9(14)15-7-16-10/h7H,2-6H2,1H3,(H,15,16,17,18). The molecule has 1 N–H and O–H groups in total. The molecular formula is C12H15Cl2N3O. The van der Waals surface area contributed by atoms with Crippen molar-refractivity contribution in [3.8, 4) is 0 Å². The van der Waals surface area contributed by atoms with E-state index in [1.165, 1.54) is 12.7 Å². The predicted octanol–water partition coefficient (Wildman–Crippen LogP) is 3.69. The molecule has 1 fully saturated rings. The summed E-state index contributed by atoms with van der Waals surface area (Å²) in [5, 5.41) is 3.09. The molecule has 0 spiro atoms. The van der Waals surface area contributed by atoms with Crippen LogP contribution in [0.1, 0.15) is 39.0 Å². The lowest BCUT2D eigenvalue weighted by Crippen LogP contribution is -2.35. The Balaban J connectivity index is 2.13. The van der Waals surface area contributed by atoms with Gasteiger partial charge in [-0.1, -0.05) is 49.4 Å². The van der Waals surface area contributed by atoms with Gasteiger partial charge in [-0.2, -0.15) is 0 Å². The van der Waals surface area contributed by atoms with E-state index in [9.17, 15) is 4.79 Å². The maximum Gasteiger partial charge on any atom is 0.231 e. The van der Waals surface area contributed by atoms with Gasteiger partial charge in [-0.3, -0.25) is 4.79 Å². The number of carbonyl (C=O) groups excluding carboxylic acids is 1. The van der Waals surface area contributed by atoms with Crippen molar-refractivity contribution in [1.29, 1.82) is 0 Å². The minimum Gasteiger partial charge on any atom is -0.309 e. The second-order valence-corrected chi connectivity index (χ2v) is 5.64. The summed E-state index contributed by atoms with van der Waals surface area (Å²) in [5.74, 6) is 0.243. The molecule has 0 atom stereocenters. The molecule has 0 saturated heterocycles. The van der Waals surface area contributed by atoms with Gasteiger partial charge < -0.3 is 5.32 Å². The topological polar surface area (TPSA) is 54.9 Å². The van der Waals surface area contributed by atoms with Crippen LogP contribution in [0.3, 0.4) is 0 Å². The first kappa shape index (κ1) is 13.6. The van der Waals surface area contributed by atoms with E-state index in [2.05, 4.69) is 15.3 Å². The molecule has 6 heteroatoms. The first-order valence-electron chi connectivity index (χ1n) is 6.00. The zero-order valence-electron chi connectivity index (χ0n) is 10.2. The van der Waals surface area contributed by atoms with Crippen molar-refractivity contribution in [3.05, 3.63) is 16.5 Å². The Morgan fingerprint density at radius 3 is 2.61 bits per heavy atom. The van der Waals surface area contributed by atoms with Crippen LogP contribution in [-0.4, -0.2) is 15.9 Å². The molecule has 1 aromatic heterocycles. The van der Waals surface area contributed by atoms with E-state index in [-0.39, 0.29) is 27.3 Å². The third kappa shape index (κ3) is 2.75. The zero-order chi connectivity index (χ0) is 13.2. The Labute approximate surface area is 116 Å². The average Bonchev–Trinajstić information content (AvgIpc) is 2.36. The minimum atomic E-state index is -0.334. The molecule has 0 aromatic carbocycles. The maximum atomic E-state index is 12.3. The fraction of sp³-hybridized carbons (Fsp3) is 0.583. The molecule has 1 heterocycles. The molecule has 2 rings (SSSR count). The number of amides is 1. The molecule has 18 heavy (non-hydrogen) atoms. The second-order valence-electron chi connectivity index (χ2n) is 4.90. The number of aromatic nitrogens is 2. The lowest BCUT2D eigenvalue weighted by atomic mass is 9.75. The summed E-state index contributed by atoms with van der Waals surface area (Å²) in [6, 6.07) is 0. The van der Waals surface area contributed by atoms with Gasteiger partial charge in [0.05, 0.1) is 0 Å². The van der Waals surface area contributed by atoms with Gasteiger partial charge in [-0.25, -0.2) is 9.97 Å². The molecule has 0 aliphatic heterocycles. The highest BCUT2D eigenvalue weighted by Gasteiger charge is 2.35. The van der Waals surface area contributed by atoms with Crippen LogP contribution in [-0.2, 0) is 4.79 Å². The fourth-order valence-corrected chi connectivity index (χ4v) is 2.53. The monoisotopic (exact) mass is 287 g/mol. The molecule has 0 bridgehead atoms. The number of nitrogens with one attached hydrogen (secondary N) is 1. The van der Waals surface area contributed by atoms with Crippen LogP contribution in [0, 0.1) is 5.41 Å². The molecule has 1 aromatic rings. The molecule has 4 nitrogen and oxygen atoms in total. The molecule has 98 valence electrons. The van der Waals surface area contributed by atoms with Gasteiger partial charge in [0.1, 0.15) is 11.3 Å². The Morgan fingerprint density at radius 2 is 1.94 bits per heavy atom. The van der Waals surface area contributed by atoms with Crippen molar-refractivity contribution in [3.63, 3.8) is 0 Å². The van der Waals surface area contributed by atoms with Crippen LogP contribution in [0.4, 0.5) is 5.82 Å². The second kappa shape index (κ2) is 5.41. The summed E-state index contributed by atoms with van der Waals surface area (Å²) < 4.78 is 0. The van der Waals surface area contributed by atoms with E-state index in [0.29, 0.717) is 0 Å². The first-order chi connectivity index (χ1) is 8.53. The first-order valence-corrected chi connectivity index (χ1v) is 6.76.